The van der Waals surface area contributed by atoms with Gasteiger partial charge in [-0.15, -0.1) is 0 Å². The van der Waals surface area contributed by atoms with Crippen molar-refractivity contribution in [3.05, 3.63) is 83.8 Å². The van der Waals surface area contributed by atoms with E-state index in [1.54, 1.807) is 36.5 Å². The molecule has 3 N–H and O–H groups in total. The van der Waals surface area contributed by atoms with E-state index in [-0.39, 0.29) is 0 Å². The van der Waals surface area contributed by atoms with Crippen LogP contribution in [0.5, 0.6) is 11.5 Å². The number of nitriles is 1. The molecule has 0 atom stereocenters. The van der Waals surface area contributed by atoms with Crippen LogP contribution < -0.4 is 15.8 Å². The molecular formula is C30H28FN5O3. The molecule has 8 nitrogen and oxygen atoms in total. The van der Waals surface area contributed by atoms with Gasteiger partial charge in [0.2, 0.25) is 0 Å². The number of fused-ring (bicyclic) bond motifs is 1. The van der Waals surface area contributed by atoms with E-state index in [4.69, 9.17) is 15.2 Å². The molecule has 0 spiro atoms. The second-order valence-corrected chi connectivity index (χ2v) is 9.31. The number of halogens is 1. The molecule has 1 aromatic heterocycles. The van der Waals surface area contributed by atoms with E-state index in [0.29, 0.717) is 33.9 Å². The van der Waals surface area contributed by atoms with Crippen molar-refractivity contribution in [3.8, 4) is 28.7 Å². The molecule has 1 saturated heterocycles. The summed E-state index contributed by atoms with van der Waals surface area (Å²) in [5.74, 6) is 0.698. The summed E-state index contributed by atoms with van der Waals surface area (Å²) in [7, 11) is 0. The zero-order chi connectivity index (χ0) is 27.2. The average Bonchev–Trinajstić information content (AvgIpc) is 2.94. The Morgan fingerprint density at radius 1 is 1.13 bits per heavy atom. The second-order valence-electron chi connectivity index (χ2n) is 9.31. The first-order valence-corrected chi connectivity index (χ1v) is 12.8. The van der Waals surface area contributed by atoms with Gasteiger partial charge in [-0.1, -0.05) is 12.1 Å². The highest BCUT2D eigenvalue weighted by molar-refractivity contribution is 5.93. The maximum Gasteiger partial charge on any atom is 0.316 e. The number of hydrogen-bond donors (Lipinski definition) is 2. The van der Waals surface area contributed by atoms with Crippen molar-refractivity contribution in [2.75, 3.05) is 38.2 Å². The van der Waals surface area contributed by atoms with Gasteiger partial charge >= 0.3 is 6.03 Å². The number of pyridine rings is 1. The first kappa shape index (κ1) is 26.1. The number of nitrogens with two attached hydrogens (primary N) is 1. The van der Waals surface area contributed by atoms with Crippen LogP contribution >= 0.6 is 0 Å². The molecule has 0 radical (unpaired) electrons. The third-order valence-corrected chi connectivity index (χ3v) is 6.70. The lowest BCUT2D eigenvalue weighted by atomic mass is 10.00. The maximum absolute atomic E-state index is 13.9. The SMILES string of the molecule is N#Cc1cc2c(Oc3ccc(-c4cc(F)ccc4NC(N)=O)cc3)ccnc2cc1CCCN1CCOCC1. The van der Waals surface area contributed by atoms with Crippen LogP contribution in [0.1, 0.15) is 17.5 Å². The Kier molecular flexibility index (Phi) is 7.96. The molecule has 39 heavy (non-hydrogen) atoms. The van der Waals surface area contributed by atoms with E-state index >= 15 is 0 Å². The minimum Gasteiger partial charge on any atom is -0.457 e. The van der Waals surface area contributed by atoms with Gasteiger partial charge in [-0.3, -0.25) is 9.88 Å². The minimum absolute atomic E-state index is 0.405. The number of carbonyl (C=O) groups excluding carboxylic acids is 1. The second kappa shape index (κ2) is 11.9. The Morgan fingerprint density at radius 2 is 1.92 bits per heavy atom. The first-order chi connectivity index (χ1) is 19.0. The number of nitrogens with zero attached hydrogens (tertiary/aromatic N) is 3. The fraction of sp³-hybridized carbons (Fsp3) is 0.233. The Morgan fingerprint density at radius 3 is 2.67 bits per heavy atom. The number of aryl methyl sites for hydroxylation is 1. The number of morpholine rings is 1. The van der Waals surface area contributed by atoms with Gasteiger partial charge in [0.05, 0.1) is 36.1 Å². The topological polar surface area (TPSA) is 113 Å². The lowest BCUT2D eigenvalue weighted by Crippen LogP contribution is -2.36. The summed E-state index contributed by atoms with van der Waals surface area (Å²) in [6, 6.07) is 18.3. The van der Waals surface area contributed by atoms with Crippen LogP contribution in [0.2, 0.25) is 0 Å². The maximum atomic E-state index is 13.9. The molecule has 1 fully saturated rings. The van der Waals surface area contributed by atoms with Crippen LogP contribution in [0.25, 0.3) is 22.0 Å². The van der Waals surface area contributed by atoms with Crippen molar-refractivity contribution in [2.45, 2.75) is 12.8 Å². The summed E-state index contributed by atoms with van der Waals surface area (Å²) >= 11 is 0. The largest absolute Gasteiger partial charge is 0.457 e. The van der Waals surface area contributed by atoms with Crippen molar-refractivity contribution in [1.82, 2.24) is 9.88 Å². The number of aromatic nitrogens is 1. The van der Waals surface area contributed by atoms with Gasteiger partial charge in [-0.2, -0.15) is 5.26 Å². The normalized spacial score (nSPS) is 13.6. The number of primary amides is 1. The van der Waals surface area contributed by atoms with Crippen LogP contribution in [0.3, 0.4) is 0 Å². The number of carbonyl (C=O) groups is 1. The van der Waals surface area contributed by atoms with Crippen molar-refractivity contribution in [2.24, 2.45) is 5.73 Å². The molecule has 0 bridgehead atoms. The van der Waals surface area contributed by atoms with Crippen LogP contribution in [0, 0.1) is 17.1 Å². The molecule has 0 saturated carbocycles. The lowest BCUT2D eigenvalue weighted by Gasteiger charge is -2.26. The number of urea groups is 1. The number of anilines is 1. The highest BCUT2D eigenvalue weighted by atomic mass is 19.1. The van der Waals surface area contributed by atoms with Gasteiger partial charge in [0.25, 0.3) is 0 Å². The summed E-state index contributed by atoms with van der Waals surface area (Å²) in [4.78, 5) is 18.3. The quantitative estimate of drug-likeness (QED) is 0.316. The molecule has 2 amide bonds. The molecule has 0 unspecified atom stereocenters. The monoisotopic (exact) mass is 525 g/mol. The van der Waals surface area contributed by atoms with E-state index in [2.05, 4.69) is 21.3 Å². The van der Waals surface area contributed by atoms with E-state index in [1.807, 2.05) is 12.1 Å². The molecule has 5 rings (SSSR count). The lowest BCUT2D eigenvalue weighted by molar-refractivity contribution is 0.0374. The molecule has 1 aliphatic heterocycles. The highest BCUT2D eigenvalue weighted by Crippen LogP contribution is 2.34. The van der Waals surface area contributed by atoms with Gasteiger partial charge in [-0.05, 0) is 79.0 Å². The predicted molar refractivity (Wildman–Crippen MR) is 147 cm³/mol. The summed E-state index contributed by atoms with van der Waals surface area (Å²) < 4.78 is 25.5. The Labute approximate surface area is 225 Å². The number of rotatable bonds is 8. The van der Waals surface area contributed by atoms with Crippen LogP contribution in [-0.2, 0) is 11.2 Å². The van der Waals surface area contributed by atoms with Crippen LogP contribution in [0.15, 0.2) is 66.9 Å². The van der Waals surface area contributed by atoms with E-state index in [1.165, 1.54) is 18.2 Å². The van der Waals surface area contributed by atoms with Crippen molar-refractivity contribution < 1.29 is 18.7 Å². The zero-order valence-corrected chi connectivity index (χ0v) is 21.3. The molecule has 1 aliphatic rings. The van der Waals surface area contributed by atoms with Gasteiger partial charge in [0, 0.05) is 30.2 Å². The molecular weight excluding hydrogens is 497 g/mol. The van der Waals surface area contributed by atoms with Gasteiger partial charge in [0.15, 0.2) is 0 Å². The van der Waals surface area contributed by atoms with Crippen molar-refractivity contribution >= 4 is 22.6 Å². The van der Waals surface area contributed by atoms with Crippen LogP contribution in [0.4, 0.5) is 14.9 Å². The fourth-order valence-corrected chi connectivity index (χ4v) is 4.76. The smallest absolute Gasteiger partial charge is 0.316 e. The molecule has 4 aromatic rings. The summed E-state index contributed by atoms with van der Waals surface area (Å²) in [6.45, 7) is 4.40. The highest BCUT2D eigenvalue weighted by Gasteiger charge is 2.14. The average molecular weight is 526 g/mol. The summed E-state index contributed by atoms with van der Waals surface area (Å²) in [5.41, 5.74) is 9.17. The van der Waals surface area contributed by atoms with Crippen molar-refractivity contribution in [1.29, 1.82) is 5.26 Å². The van der Waals surface area contributed by atoms with E-state index < -0.39 is 11.8 Å². The molecule has 9 heteroatoms. The van der Waals surface area contributed by atoms with Gasteiger partial charge < -0.3 is 20.5 Å². The minimum atomic E-state index is -0.732. The standard InChI is InChI=1S/C30H28FN5O3/c31-23-5-8-27(35-30(33)37)25(18-23)20-3-6-24(7-4-20)39-29-9-10-34-28-17-21(22(19-32)16-26(28)29)2-1-11-36-12-14-38-15-13-36/h3-10,16-18H,1-2,11-15H2,(H3,33,35,37). The van der Waals surface area contributed by atoms with Gasteiger partial charge in [0.1, 0.15) is 17.3 Å². The fourth-order valence-electron chi connectivity index (χ4n) is 4.76. The molecule has 0 aliphatic carbocycles. The third kappa shape index (κ3) is 6.32. The Balaban J connectivity index is 1.35. The number of hydrogen-bond acceptors (Lipinski definition) is 6. The predicted octanol–water partition coefficient (Wildman–Crippen LogP) is 5.46. The number of amides is 2. The first-order valence-electron chi connectivity index (χ1n) is 12.8. The molecule has 2 heterocycles. The Hall–Kier alpha value is -4.52. The van der Waals surface area contributed by atoms with Crippen LogP contribution in [-0.4, -0.2) is 48.8 Å². The number of ether oxygens (including phenoxy) is 2. The third-order valence-electron chi connectivity index (χ3n) is 6.70. The number of benzene rings is 3. The summed E-state index contributed by atoms with van der Waals surface area (Å²) in [5, 5.41) is 13.1. The van der Waals surface area contributed by atoms with Gasteiger partial charge in [-0.25, -0.2) is 9.18 Å². The number of nitrogens with one attached hydrogen (secondary N) is 1. The Bertz CT molecular complexity index is 1530. The zero-order valence-electron chi connectivity index (χ0n) is 21.3. The molecule has 3 aromatic carbocycles. The van der Waals surface area contributed by atoms with E-state index in [0.717, 1.165) is 62.2 Å². The van der Waals surface area contributed by atoms with E-state index in [9.17, 15) is 14.4 Å². The van der Waals surface area contributed by atoms with Crippen molar-refractivity contribution in [3.63, 3.8) is 0 Å². The summed E-state index contributed by atoms with van der Waals surface area (Å²) in [6.07, 6.45) is 3.42. The molecule has 198 valence electrons.